The molecule has 1 saturated carbocycles. The second kappa shape index (κ2) is 6.37. The Balaban J connectivity index is 2.20. The van der Waals surface area contributed by atoms with E-state index in [1.165, 1.54) is 26.4 Å². The number of aryl methyl sites for hydroxylation is 1. The number of hydrogen-bond donors (Lipinski definition) is 2. The molecule has 0 saturated heterocycles. The number of anilines is 2. The van der Waals surface area contributed by atoms with Crippen LogP contribution in [0.3, 0.4) is 0 Å². The lowest BCUT2D eigenvalue weighted by atomic mass is 9.80. The van der Waals surface area contributed by atoms with Gasteiger partial charge in [-0.1, -0.05) is 13.8 Å². The first kappa shape index (κ1) is 15.7. The van der Waals surface area contributed by atoms with Crippen molar-refractivity contribution in [2.45, 2.75) is 46.1 Å². The number of carbonyl (C=O) groups excluding carboxylic acids is 1. The molecule has 116 valence electrons. The van der Waals surface area contributed by atoms with Crippen molar-refractivity contribution in [3.8, 4) is 0 Å². The van der Waals surface area contributed by atoms with E-state index >= 15 is 0 Å². The second-order valence-electron chi connectivity index (χ2n) is 6.39. The number of nitrogens with one attached hydrogen (secondary N) is 1. The van der Waals surface area contributed by atoms with Crippen LogP contribution >= 0.6 is 0 Å². The number of nitrogen functional groups attached to an aromatic ring is 1. The van der Waals surface area contributed by atoms with Gasteiger partial charge in [0.1, 0.15) is 0 Å². The van der Waals surface area contributed by atoms with Crippen molar-refractivity contribution < 1.29 is 9.53 Å². The Morgan fingerprint density at radius 3 is 2.67 bits per heavy atom. The zero-order valence-electron chi connectivity index (χ0n) is 13.4. The van der Waals surface area contributed by atoms with Gasteiger partial charge in [0.05, 0.1) is 12.7 Å². The van der Waals surface area contributed by atoms with Crippen LogP contribution in [0.4, 0.5) is 11.4 Å². The van der Waals surface area contributed by atoms with Gasteiger partial charge >= 0.3 is 5.97 Å². The van der Waals surface area contributed by atoms with E-state index in [-0.39, 0.29) is 5.97 Å². The van der Waals surface area contributed by atoms with E-state index < -0.39 is 0 Å². The first-order valence-electron chi connectivity index (χ1n) is 7.67. The first-order chi connectivity index (χ1) is 9.92. The number of methoxy groups -OCH3 is 1. The van der Waals surface area contributed by atoms with Crippen molar-refractivity contribution in [1.82, 2.24) is 0 Å². The summed E-state index contributed by atoms with van der Waals surface area (Å²) in [5, 5.41) is 3.58. The van der Waals surface area contributed by atoms with Crippen LogP contribution in [0.25, 0.3) is 0 Å². The van der Waals surface area contributed by atoms with Crippen LogP contribution in [0.15, 0.2) is 12.1 Å². The number of esters is 1. The van der Waals surface area contributed by atoms with Crippen molar-refractivity contribution in [2.75, 3.05) is 18.2 Å². The molecule has 1 aromatic carbocycles. The quantitative estimate of drug-likeness (QED) is 0.659. The maximum atomic E-state index is 11.8. The van der Waals surface area contributed by atoms with Crippen LogP contribution in [0.2, 0.25) is 0 Å². The molecule has 21 heavy (non-hydrogen) atoms. The third kappa shape index (κ3) is 3.49. The molecule has 0 heterocycles. The maximum absolute atomic E-state index is 11.8. The van der Waals surface area contributed by atoms with Gasteiger partial charge < -0.3 is 15.8 Å². The highest BCUT2D eigenvalue weighted by Gasteiger charge is 2.25. The third-order valence-corrected chi connectivity index (χ3v) is 4.58. The summed E-state index contributed by atoms with van der Waals surface area (Å²) in [5.74, 6) is 1.05. The second-order valence-corrected chi connectivity index (χ2v) is 6.39. The molecule has 2 rings (SSSR count). The molecule has 0 spiro atoms. The Labute approximate surface area is 127 Å². The summed E-state index contributed by atoms with van der Waals surface area (Å²) in [6.45, 7) is 6.52. The van der Waals surface area contributed by atoms with Gasteiger partial charge in [0, 0.05) is 17.4 Å². The SMILES string of the molecule is COC(=O)c1cc(NC2CCC(C)CC2C)cc(C)c1N. The van der Waals surface area contributed by atoms with Crippen LogP contribution in [-0.2, 0) is 4.74 Å². The van der Waals surface area contributed by atoms with Crippen molar-refractivity contribution in [3.63, 3.8) is 0 Å². The fourth-order valence-corrected chi connectivity index (χ4v) is 3.25. The summed E-state index contributed by atoms with van der Waals surface area (Å²) < 4.78 is 4.81. The molecule has 0 bridgehead atoms. The van der Waals surface area contributed by atoms with Gasteiger partial charge in [0.2, 0.25) is 0 Å². The maximum Gasteiger partial charge on any atom is 0.340 e. The predicted molar refractivity (Wildman–Crippen MR) is 86.5 cm³/mol. The van der Waals surface area contributed by atoms with Crippen molar-refractivity contribution in [1.29, 1.82) is 0 Å². The standard InChI is InChI=1S/C17H26N2O2/c1-10-5-6-15(11(2)7-10)19-13-8-12(3)16(18)14(9-13)17(20)21-4/h8-11,15,19H,5-7,18H2,1-4H3. The van der Waals surface area contributed by atoms with Crippen LogP contribution in [0.1, 0.15) is 49.0 Å². The summed E-state index contributed by atoms with van der Waals surface area (Å²) in [4.78, 5) is 11.8. The molecule has 4 heteroatoms. The Morgan fingerprint density at radius 1 is 1.33 bits per heavy atom. The molecule has 0 aromatic heterocycles. The van der Waals surface area contributed by atoms with E-state index in [4.69, 9.17) is 10.5 Å². The number of benzene rings is 1. The Bertz CT molecular complexity index is 528. The zero-order valence-corrected chi connectivity index (χ0v) is 13.4. The van der Waals surface area contributed by atoms with Gasteiger partial charge in [-0.2, -0.15) is 0 Å². The molecule has 1 aliphatic rings. The van der Waals surface area contributed by atoms with Crippen LogP contribution < -0.4 is 11.1 Å². The number of nitrogens with two attached hydrogens (primary N) is 1. The van der Waals surface area contributed by atoms with Crippen LogP contribution in [-0.4, -0.2) is 19.1 Å². The van der Waals surface area contributed by atoms with Crippen molar-refractivity contribution in [3.05, 3.63) is 23.3 Å². The molecule has 1 aliphatic carbocycles. The highest BCUT2D eigenvalue weighted by Crippen LogP contribution is 2.32. The molecule has 0 amide bonds. The fourth-order valence-electron chi connectivity index (χ4n) is 3.25. The molecule has 3 N–H and O–H groups in total. The first-order valence-corrected chi connectivity index (χ1v) is 7.67. The van der Waals surface area contributed by atoms with E-state index in [1.54, 1.807) is 6.07 Å². The molecule has 4 nitrogen and oxygen atoms in total. The Hall–Kier alpha value is -1.71. The molecular weight excluding hydrogens is 264 g/mol. The molecule has 0 aliphatic heterocycles. The molecule has 3 atom stereocenters. The van der Waals surface area contributed by atoms with Crippen LogP contribution in [0, 0.1) is 18.8 Å². The van der Waals surface area contributed by atoms with E-state index in [2.05, 4.69) is 19.2 Å². The van der Waals surface area contributed by atoms with Gasteiger partial charge in [-0.15, -0.1) is 0 Å². The lowest BCUT2D eigenvalue weighted by Crippen LogP contribution is -2.33. The molecular formula is C17H26N2O2. The molecule has 1 aromatic rings. The minimum absolute atomic E-state index is 0.385. The lowest BCUT2D eigenvalue weighted by Gasteiger charge is -2.34. The van der Waals surface area contributed by atoms with Gasteiger partial charge in [0.25, 0.3) is 0 Å². The zero-order chi connectivity index (χ0) is 15.6. The third-order valence-electron chi connectivity index (χ3n) is 4.58. The van der Waals surface area contributed by atoms with Gasteiger partial charge in [0.15, 0.2) is 0 Å². The average Bonchev–Trinajstić information content (AvgIpc) is 2.44. The van der Waals surface area contributed by atoms with E-state index in [0.717, 1.165) is 17.2 Å². The normalized spacial score (nSPS) is 25.4. The van der Waals surface area contributed by atoms with Gasteiger partial charge in [-0.25, -0.2) is 4.79 Å². The minimum Gasteiger partial charge on any atom is -0.465 e. The topological polar surface area (TPSA) is 64.3 Å². The van der Waals surface area contributed by atoms with Gasteiger partial charge in [-0.05, 0) is 55.7 Å². The Kier molecular flexibility index (Phi) is 4.76. The summed E-state index contributed by atoms with van der Waals surface area (Å²) >= 11 is 0. The largest absolute Gasteiger partial charge is 0.465 e. The molecule has 3 unspecified atom stereocenters. The number of hydrogen-bond acceptors (Lipinski definition) is 4. The number of carbonyl (C=O) groups is 1. The lowest BCUT2D eigenvalue weighted by molar-refractivity contribution is 0.0602. The molecule has 0 radical (unpaired) electrons. The fraction of sp³-hybridized carbons (Fsp3) is 0.588. The number of ether oxygens (including phenoxy) is 1. The minimum atomic E-state index is -0.385. The highest BCUT2D eigenvalue weighted by atomic mass is 16.5. The molecule has 1 fully saturated rings. The summed E-state index contributed by atoms with van der Waals surface area (Å²) in [7, 11) is 1.38. The van der Waals surface area contributed by atoms with Crippen molar-refractivity contribution >= 4 is 17.3 Å². The monoisotopic (exact) mass is 290 g/mol. The van der Waals surface area contributed by atoms with E-state index in [1.807, 2.05) is 13.0 Å². The summed E-state index contributed by atoms with van der Waals surface area (Å²) in [5.41, 5.74) is 8.77. The Morgan fingerprint density at radius 2 is 2.05 bits per heavy atom. The predicted octanol–water partition coefficient (Wildman–Crippen LogP) is 3.60. The summed E-state index contributed by atoms with van der Waals surface area (Å²) in [6.07, 6.45) is 3.66. The summed E-state index contributed by atoms with van der Waals surface area (Å²) in [6, 6.07) is 4.26. The van der Waals surface area contributed by atoms with Gasteiger partial charge in [-0.3, -0.25) is 0 Å². The van der Waals surface area contributed by atoms with E-state index in [9.17, 15) is 4.79 Å². The van der Waals surface area contributed by atoms with Crippen LogP contribution in [0.5, 0.6) is 0 Å². The number of rotatable bonds is 3. The highest BCUT2D eigenvalue weighted by molar-refractivity contribution is 5.97. The smallest absolute Gasteiger partial charge is 0.340 e. The van der Waals surface area contributed by atoms with E-state index in [0.29, 0.717) is 23.2 Å². The van der Waals surface area contributed by atoms with Crippen molar-refractivity contribution in [2.24, 2.45) is 11.8 Å². The average molecular weight is 290 g/mol.